The van der Waals surface area contributed by atoms with Crippen molar-refractivity contribution in [1.82, 2.24) is 4.98 Å². The van der Waals surface area contributed by atoms with Gasteiger partial charge in [0.2, 0.25) is 0 Å². The molecule has 0 unspecified atom stereocenters. The second-order valence-corrected chi connectivity index (χ2v) is 5.87. The maximum Gasteiger partial charge on any atom is 0.163 e. The van der Waals surface area contributed by atoms with Crippen LogP contribution in [0.25, 0.3) is 10.8 Å². The minimum atomic E-state index is 0.184. The quantitative estimate of drug-likeness (QED) is 0.508. The first-order chi connectivity index (χ1) is 10.3. The Kier molecular flexibility index (Phi) is 4.31. The average molecular weight is 293 g/mol. The van der Waals surface area contributed by atoms with Crippen LogP contribution in [0.1, 0.15) is 16.8 Å². The van der Waals surface area contributed by atoms with Crippen molar-refractivity contribution in [2.24, 2.45) is 0 Å². The van der Waals surface area contributed by atoms with E-state index < -0.39 is 0 Å². The molecule has 0 saturated carbocycles. The number of carbonyl (C=O) groups excluding carboxylic acids is 1. The smallest absolute Gasteiger partial charge is 0.163 e. The van der Waals surface area contributed by atoms with Crippen LogP contribution in [0.4, 0.5) is 0 Å². The second-order valence-electron chi connectivity index (χ2n) is 4.75. The Bertz CT molecular complexity index is 755. The van der Waals surface area contributed by atoms with Gasteiger partial charge in [0.1, 0.15) is 0 Å². The third kappa shape index (κ3) is 3.50. The molecule has 0 amide bonds. The molecule has 2 nitrogen and oxygen atoms in total. The molecular formula is C18H15NOS. The van der Waals surface area contributed by atoms with Crippen LogP contribution in [-0.4, -0.2) is 16.5 Å². The van der Waals surface area contributed by atoms with E-state index >= 15 is 0 Å². The zero-order valence-corrected chi connectivity index (χ0v) is 12.3. The number of fused-ring (bicyclic) bond motifs is 1. The number of hydrogen-bond donors (Lipinski definition) is 0. The highest BCUT2D eigenvalue weighted by atomic mass is 32.2. The van der Waals surface area contributed by atoms with Crippen molar-refractivity contribution in [3.05, 3.63) is 72.4 Å². The molecule has 3 aromatic rings. The van der Waals surface area contributed by atoms with Gasteiger partial charge in [-0.3, -0.25) is 4.79 Å². The van der Waals surface area contributed by atoms with Gasteiger partial charge in [-0.1, -0.05) is 42.5 Å². The van der Waals surface area contributed by atoms with Crippen molar-refractivity contribution in [2.75, 3.05) is 5.75 Å². The summed E-state index contributed by atoms with van der Waals surface area (Å²) in [7, 11) is 0. The monoisotopic (exact) mass is 293 g/mol. The lowest BCUT2D eigenvalue weighted by molar-refractivity contribution is 0.0989. The molecule has 104 valence electrons. The molecule has 0 atom stereocenters. The molecular weight excluding hydrogens is 278 g/mol. The van der Waals surface area contributed by atoms with Gasteiger partial charge in [-0.15, -0.1) is 11.8 Å². The Morgan fingerprint density at radius 2 is 1.76 bits per heavy atom. The number of pyridine rings is 1. The maximum atomic E-state index is 12.2. The fraction of sp³-hybridized carbons (Fsp3) is 0.111. The summed E-state index contributed by atoms with van der Waals surface area (Å²) in [6.07, 6.45) is 2.30. The van der Waals surface area contributed by atoms with E-state index in [0.29, 0.717) is 6.42 Å². The third-order valence-electron chi connectivity index (χ3n) is 3.29. The van der Waals surface area contributed by atoms with Crippen LogP contribution in [0.15, 0.2) is 71.9 Å². The van der Waals surface area contributed by atoms with Crippen LogP contribution in [0, 0.1) is 0 Å². The van der Waals surface area contributed by atoms with Gasteiger partial charge in [0, 0.05) is 23.9 Å². The van der Waals surface area contributed by atoms with E-state index in [2.05, 4.69) is 11.1 Å². The van der Waals surface area contributed by atoms with Gasteiger partial charge in [-0.2, -0.15) is 0 Å². The summed E-state index contributed by atoms with van der Waals surface area (Å²) in [6, 6.07) is 19.8. The number of Topliss-reactive ketones (excluding diaryl/α,β-unsaturated/α-hetero) is 1. The highest BCUT2D eigenvalue weighted by Gasteiger charge is 2.07. The molecule has 0 radical (unpaired) electrons. The summed E-state index contributed by atoms with van der Waals surface area (Å²) < 4.78 is 0. The number of aromatic nitrogens is 1. The van der Waals surface area contributed by atoms with E-state index in [4.69, 9.17) is 0 Å². The molecule has 0 fully saturated rings. The number of rotatable bonds is 5. The summed E-state index contributed by atoms with van der Waals surface area (Å²) in [5.74, 6) is 0.937. The van der Waals surface area contributed by atoms with Gasteiger partial charge in [0.25, 0.3) is 0 Å². The standard InChI is InChI=1S/C18H15NOS/c20-17(10-12-21-18-7-3-4-11-19-18)16-9-8-14-5-1-2-6-15(14)13-16/h1-9,11,13H,10,12H2. The van der Waals surface area contributed by atoms with E-state index in [1.807, 2.05) is 54.6 Å². The molecule has 0 N–H and O–H groups in total. The first kappa shape index (κ1) is 13.8. The molecule has 0 saturated heterocycles. The fourth-order valence-corrected chi connectivity index (χ4v) is 2.99. The van der Waals surface area contributed by atoms with Crippen molar-refractivity contribution in [3.63, 3.8) is 0 Å². The van der Waals surface area contributed by atoms with Crippen LogP contribution >= 0.6 is 11.8 Å². The van der Waals surface area contributed by atoms with Crippen molar-refractivity contribution in [1.29, 1.82) is 0 Å². The van der Waals surface area contributed by atoms with Crippen molar-refractivity contribution >= 4 is 28.3 Å². The first-order valence-electron chi connectivity index (χ1n) is 6.89. The minimum absolute atomic E-state index is 0.184. The molecule has 0 aliphatic rings. The predicted octanol–water partition coefficient (Wildman–Crippen LogP) is 4.60. The molecule has 2 aromatic carbocycles. The van der Waals surface area contributed by atoms with Crippen molar-refractivity contribution < 1.29 is 4.79 Å². The summed E-state index contributed by atoms with van der Waals surface area (Å²) in [5, 5.41) is 3.24. The normalized spacial score (nSPS) is 10.7. The van der Waals surface area contributed by atoms with E-state index in [1.165, 1.54) is 0 Å². The highest BCUT2D eigenvalue weighted by Crippen LogP contribution is 2.19. The van der Waals surface area contributed by atoms with Crippen molar-refractivity contribution in [2.45, 2.75) is 11.4 Å². The number of benzene rings is 2. The molecule has 0 aliphatic carbocycles. The zero-order valence-electron chi connectivity index (χ0n) is 11.5. The molecule has 0 aliphatic heterocycles. The predicted molar refractivity (Wildman–Crippen MR) is 87.9 cm³/mol. The van der Waals surface area contributed by atoms with Crippen LogP contribution < -0.4 is 0 Å². The Morgan fingerprint density at radius 3 is 2.57 bits per heavy atom. The maximum absolute atomic E-state index is 12.2. The summed E-state index contributed by atoms with van der Waals surface area (Å²) in [6.45, 7) is 0. The number of hydrogen-bond acceptors (Lipinski definition) is 3. The molecule has 1 aromatic heterocycles. The molecule has 3 rings (SSSR count). The summed E-state index contributed by atoms with van der Waals surface area (Å²) in [4.78, 5) is 16.5. The third-order valence-corrected chi connectivity index (χ3v) is 4.23. The lowest BCUT2D eigenvalue weighted by Gasteiger charge is -2.03. The lowest BCUT2D eigenvalue weighted by atomic mass is 10.0. The minimum Gasteiger partial charge on any atom is -0.294 e. The second kappa shape index (κ2) is 6.55. The first-order valence-corrected chi connectivity index (χ1v) is 7.87. The Labute approximate surface area is 128 Å². The Morgan fingerprint density at radius 1 is 0.952 bits per heavy atom. The van der Waals surface area contributed by atoms with Gasteiger partial charge in [-0.05, 0) is 29.0 Å². The molecule has 0 spiro atoms. The van der Waals surface area contributed by atoms with Gasteiger partial charge in [0.15, 0.2) is 5.78 Å². The van der Waals surface area contributed by atoms with E-state index in [0.717, 1.165) is 27.1 Å². The number of nitrogens with zero attached hydrogens (tertiary/aromatic N) is 1. The summed E-state index contributed by atoms with van der Waals surface area (Å²) >= 11 is 1.62. The highest BCUT2D eigenvalue weighted by molar-refractivity contribution is 7.99. The van der Waals surface area contributed by atoms with Gasteiger partial charge in [0.05, 0.1) is 5.03 Å². The van der Waals surface area contributed by atoms with E-state index in [9.17, 15) is 4.79 Å². The largest absolute Gasteiger partial charge is 0.294 e. The lowest BCUT2D eigenvalue weighted by Crippen LogP contribution is -2.00. The Balaban J connectivity index is 1.64. The number of carbonyl (C=O) groups is 1. The molecule has 0 bridgehead atoms. The topological polar surface area (TPSA) is 30.0 Å². The van der Waals surface area contributed by atoms with Gasteiger partial charge < -0.3 is 0 Å². The zero-order chi connectivity index (χ0) is 14.5. The molecule has 21 heavy (non-hydrogen) atoms. The van der Waals surface area contributed by atoms with E-state index in [-0.39, 0.29) is 5.78 Å². The van der Waals surface area contributed by atoms with Crippen LogP contribution in [0.3, 0.4) is 0 Å². The fourth-order valence-electron chi connectivity index (χ4n) is 2.19. The van der Waals surface area contributed by atoms with Crippen LogP contribution in [0.2, 0.25) is 0 Å². The SMILES string of the molecule is O=C(CCSc1ccccn1)c1ccc2ccccc2c1. The average Bonchev–Trinajstić information content (AvgIpc) is 2.55. The van der Waals surface area contributed by atoms with Crippen LogP contribution in [-0.2, 0) is 0 Å². The van der Waals surface area contributed by atoms with Crippen molar-refractivity contribution in [3.8, 4) is 0 Å². The van der Waals surface area contributed by atoms with Gasteiger partial charge >= 0.3 is 0 Å². The summed E-state index contributed by atoms with van der Waals surface area (Å²) in [5.41, 5.74) is 0.787. The van der Waals surface area contributed by atoms with Crippen LogP contribution in [0.5, 0.6) is 0 Å². The van der Waals surface area contributed by atoms with Gasteiger partial charge in [-0.25, -0.2) is 4.98 Å². The Hall–Kier alpha value is -2.13. The molecule has 3 heteroatoms. The molecule has 1 heterocycles. The number of ketones is 1. The number of thioether (sulfide) groups is 1. The van der Waals surface area contributed by atoms with E-state index in [1.54, 1.807) is 18.0 Å².